The highest BCUT2D eigenvalue weighted by Gasteiger charge is 2.11. The number of aliphatic hydroxyl groups excluding tert-OH is 1. The number of nitrogens with zero attached hydrogens (tertiary/aromatic N) is 1. The van der Waals surface area contributed by atoms with Crippen LogP contribution in [0.1, 0.15) is 36.5 Å². The van der Waals surface area contributed by atoms with E-state index in [0.717, 1.165) is 28.3 Å². The van der Waals surface area contributed by atoms with Gasteiger partial charge in [-0.15, -0.1) is 0 Å². The van der Waals surface area contributed by atoms with Crippen LogP contribution < -0.4 is 4.74 Å². The third-order valence-electron chi connectivity index (χ3n) is 4.17. The fraction of sp³-hybridized carbons (Fsp3) is 0.286. The summed E-state index contributed by atoms with van der Waals surface area (Å²) in [5.41, 5.74) is 2.80. The normalized spacial score (nSPS) is 12.1. The predicted octanol–water partition coefficient (Wildman–Crippen LogP) is 4.71. The van der Waals surface area contributed by atoms with E-state index < -0.39 is 6.10 Å². The van der Waals surface area contributed by atoms with Gasteiger partial charge in [0.2, 0.25) is 5.89 Å². The first-order chi connectivity index (χ1) is 12.2. The molecule has 0 aliphatic heterocycles. The number of hydrogen-bond acceptors (Lipinski definition) is 4. The zero-order chi connectivity index (χ0) is 17.6. The standard InChI is InChI=1S/C21H23NO3/c1-3-20(23)16-9-11-18(12-10-16)24-14-13-19-15(2)25-21(22-19)17-7-5-4-6-8-17/h4-12,20,23H,3,13-14H2,1-2H3. The molecule has 0 amide bonds. The second-order valence-corrected chi connectivity index (χ2v) is 5.98. The summed E-state index contributed by atoms with van der Waals surface area (Å²) in [4.78, 5) is 4.58. The van der Waals surface area contributed by atoms with E-state index >= 15 is 0 Å². The van der Waals surface area contributed by atoms with Crippen molar-refractivity contribution >= 4 is 0 Å². The van der Waals surface area contributed by atoms with Crippen LogP contribution in [0.5, 0.6) is 5.75 Å². The van der Waals surface area contributed by atoms with Crippen LogP contribution in [-0.4, -0.2) is 16.7 Å². The number of oxazole rings is 1. The average molecular weight is 337 g/mol. The second-order valence-electron chi connectivity index (χ2n) is 5.98. The largest absolute Gasteiger partial charge is 0.493 e. The highest BCUT2D eigenvalue weighted by molar-refractivity contribution is 5.53. The molecule has 1 unspecified atom stereocenters. The Morgan fingerprint density at radius 2 is 1.80 bits per heavy atom. The Morgan fingerprint density at radius 3 is 2.48 bits per heavy atom. The molecule has 0 aliphatic carbocycles. The molecule has 130 valence electrons. The molecule has 0 saturated heterocycles. The van der Waals surface area contributed by atoms with Gasteiger partial charge in [0.1, 0.15) is 11.5 Å². The van der Waals surface area contributed by atoms with Crippen molar-refractivity contribution in [1.29, 1.82) is 0 Å². The smallest absolute Gasteiger partial charge is 0.226 e. The molecule has 0 aliphatic rings. The Morgan fingerprint density at radius 1 is 1.08 bits per heavy atom. The van der Waals surface area contributed by atoms with E-state index in [0.29, 0.717) is 25.3 Å². The van der Waals surface area contributed by atoms with Crippen molar-refractivity contribution in [2.45, 2.75) is 32.8 Å². The van der Waals surface area contributed by atoms with Gasteiger partial charge in [-0.3, -0.25) is 0 Å². The van der Waals surface area contributed by atoms with Gasteiger partial charge in [-0.2, -0.15) is 0 Å². The summed E-state index contributed by atoms with van der Waals surface area (Å²) in [6.07, 6.45) is 0.972. The molecule has 0 spiro atoms. The number of rotatable bonds is 7. The maximum atomic E-state index is 9.81. The quantitative estimate of drug-likeness (QED) is 0.678. The lowest BCUT2D eigenvalue weighted by Gasteiger charge is -2.09. The molecule has 0 saturated carbocycles. The van der Waals surface area contributed by atoms with Gasteiger partial charge in [0, 0.05) is 12.0 Å². The molecule has 4 nitrogen and oxygen atoms in total. The lowest BCUT2D eigenvalue weighted by Crippen LogP contribution is -2.03. The van der Waals surface area contributed by atoms with E-state index in [1.165, 1.54) is 0 Å². The SMILES string of the molecule is CCC(O)c1ccc(OCCc2nc(-c3ccccc3)oc2C)cc1. The molecule has 1 heterocycles. The number of hydrogen-bond donors (Lipinski definition) is 1. The first-order valence-corrected chi connectivity index (χ1v) is 8.60. The van der Waals surface area contributed by atoms with Crippen LogP contribution in [0.15, 0.2) is 59.0 Å². The van der Waals surface area contributed by atoms with Crippen molar-refractivity contribution in [3.63, 3.8) is 0 Å². The summed E-state index contributed by atoms with van der Waals surface area (Å²) in [5, 5.41) is 9.81. The summed E-state index contributed by atoms with van der Waals surface area (Å²) in [7, 11) is 0. The minimum Gasteiger partial charge on any atom is -0.493 e. The molecular weight excluding hydrogens is 314 g/mol. The average Bonchev–Trinajstić information content (AvgIpc) is 3.03. The van der Waals surface area contributed by atoms with E-state index in [1.807, 2.05) is 68.4 Å². The molecule has 3 rings (SSSR count). The highest BCUT2D eigenvalue weighted by Crippen LogP contribution is 2.22. The predicted molar refractivity (Wildman–Crippen MR) is 97.6 cm³/mol. The molecule has 0 radical (unpaired) electrons. The Kier molecular flexibility index (Phi) is 5.51. The van der Waals surface area contributed by atoms with E-state index in [4.69, 9.17) is 9.15 Å². The number of ether oxygens (including phenoxy) is 1. The Balaban J connectivity index is 1.58. The van der Waals surface area contributed by atoms with Crippen molar-refractivity contribution in [2.24, 2.45) is 0 Å². The number of benzene rings is 2. The minimum atomic E-state index is -0.414. The Bertz CT molecular complexity index is 794. The van der Waals surface area contributed by atoms with Gasteiger partial charge in [0.15, 0.2) is 0 Å². The molecule has 1 atom stereocenters. The van der Waals surface area contributed by atoms with Crippen LogP contribution in [0, 0.1) is 6.92 Å². The van der Waals surface area contributed by atoms with E-state index in [9.17, 15) is 5.11 Å². The van der Waals surface area contributed by atoms with E-state index in [1.54, 1.807) is 0 Å². The fourth-order valence-electron chi connectivity index (χ4n) is 2.65. The van der Waals surface area contributed by atoms with E-state index in [2.05, 4.69) is 4.98 Å². The molecule has 3 aromatic rings. The van der Waals surface area contributed by atoms with E-state index in [-0.39, 0.29) is 0 Å². The van der Waals surface area contributed by atoms with Gasteiger partial charge in [-0.1, -0.05) is 37.3 Å². The monoisotopic (exact) mass is 337 g/mol. The minimum absolute atomic E-state index is 0.414. The molecular formula is C21H23NO3. The maximum Gasteiger partial charge on any atom is 0.226 e. The number of aromatic nitrogens is 1. The topological polar surface area (TPSA) is 55.5 Å². The van der Waals surface area contributed by atoms with Crippen LogP contribution >= 0.6 is 0 Å². The molecule has 2 aromatic carbocycles. The summed E-state index contributed by atoms with van der Waals surface area (Å²) in [6, 6.07) is 17.5. The first kappa shape index (κ1) is 17.2. The van der Waals surface area contributed by atoms with Gasteiger partial charge >= 0.3 is 0 Å². The number of aryl methyl sites for hydroxylation is 1. The summed E-state index contributed by atoms with van der Waals surface area (Å²) in [5.74, 6) is 2.26. The van der Waals surface area contributed by atoms with Gasteiger partial charge < -0.3 is 14.3 Å². The first-order valence-electron chi connectivity index (χ1n) is 8.60. The zero-order valence-electron chi connectivity index (χ0n) is 14.6. The van der Waals surface area contributed by atoms with Gasteiger partial charge in [0.05, 0.1) is 18.4 Å². The third-order valence-corrected chi connectivity index (χ3v) is 4.17. The lowest BCUT2D eigenvalue weighted by atomic mass is 10.1. The molecule has 1 N–H and O–H groups in total. The van der Waals surface area contributed by atoms with Crippen molar-refractivity contribution < 1.29 is 14.3 Å². The van der Waals surface area contributed by atoms with Gasteiger partial charge in [-0.05, 0) is 43.2 Å². The molecule has 25 heavy (non-hydrogen) atoms. The van der Waals surface area contributed by atoms with Crippen molar-refractivity contribution in [1.82, 2.24) is 4.98 Å². The van der Waals surface area contributed by atoms with Crippen molar-refractivity contribution in [3.05, 3.63) is 71.6 Å². The van der Waals surface area contributed by atoms with Crippen LogP contribution in [0.3, 0.4) is 0 Å². The molecule has 0 bridgehead atoms. The second kappa shape index (κ2) is 7.99. The van der Waals surface area contributed by atoms with Crippen LogP contribution in [0.2, 0.25) is 0 Å². The number of aliphatic hydroxyl groups is 1. The van der Waals surface area contributed by atoms with Crippen LogP contribution in [0.25, 0.3) is 11.5 Å². The maximum absolute atomic E-state index is 9.81. The molecule has 0 fully saturated rings. The fourth-order valence-corrected chi connectivity index (χ4v) is 2.65. The Hall–Kier alpha value is -2.59. The molecule has 4 heteroatoms. The van der Waals surface area contributed by atoms with Crippen LogP contribution in [-0.2, 0) is 6.42 Å². The summed E-state index contributed by atoms with van der Waals surface area (Å²) in [6.45, 7) is 4.41. The van der Waals surface area contributed by atoms with Crippen molar-refractivity contribution in [2.75, 3.05) is 6.61 Å². The highest BCUT2D eigenvalue weighted by atomic mass is 16.5. The Labute approximate surface area is 148 Å². The van der Waals surface area contributed by atoms with Crippen molar-refractivity contribution in [3.8, 4) is 17.2 Å². The summed E-state index contributed by atoms with van der Waals surface area (Å²) >= 11 is 0. The van der Waals surface area contributed by atoms with Crippen LogP contribution in [0.4, 0.5) is 0 Å². The zero-order valence-corrected chi connectivity index (χ0v) is 14.6. The third kappa shape index (κ3) is 4.28. The van der Waals surface area contributed by atoms with Gasteiger partial charge in [0.25, 0.3) is 0 Å². The lowest BCUT2D eigenvalue weighted by molar-refractivity contribution is 0.173. The van der Waals surface area contributed by atoms with Gasteiger partial charge in [-0.25, -0.2) is 4.98 Å². The molecule has 1 aromatic heterocycles. The summed E-state index contributed by atoms with van der Waals surface area (Å²) < 4.78 is 11.5.